The van der Waals surface area contributed by atoms with Crippen molar-refractivity contribution in [3.8, 4) is 0 Å². The summed E-state index contributed by atoms with van der Waals surface area (Å²) in [7, 11) is 1.68. The first-order chi connectivity index (χ1) is 9.93. The number of carbonyl (C=O) groups is 2. The summed E-state index contributed by atoms with van der Waals surface area (Å²) in [6.45, 7) is 1.88. The molecular formula is C15H19ClN2O3. The Labute approximate surface area is 129 Å². The van der Waals surface area contributed by atoms with Crippen LogP contribution in [0.25, 0.3) is 0 Å². The van der Waals surface area contributed by atoms with Gasteiger partial charge in [0.1, 0.15) is 6.04 Å². The van der Waals surface area contributed by atoms with E-state index in [1.165, 1.54) is 4.90 Å². The molecule has 2 amide bonds. The number of carbonyl (C=O) groups excluding carboxylic acids is 2. The Morgan fingerprint density at radius 2 is 2.19 bits per heavy atom. The van der Waals surface area contributed by atoms with Gasteiger partial charge in [0.15, 0.2) is 0 Å². The van der Waals surface area contributed by atoms with Gasteiger partial charge >= 0.3 is 0 Å². The molecule has 0 spiro atoms. The number of piperazine rings is 1. The van der Waals surface area contributed by atoms with E-state index in [0.717, 1.165) is 5.56 Å². The molecule has 0 unspecified atom stereocenters. The molecule has 0 saturated carbocycles. The van der Waals surface area contributed by atoms with Gasteiger partial charge in [-0.15, -0.1) is 0 Å². The molecule has 6 heteroatoms. The van der Waals surface area contributed by atoms with Gasteiger partial charge in [-0.25, -0.2) is 0 Å². The van der Waals surface area contributed by atoms with Gasteiger partial charge in [-0.1, -0.05) is 23.7 Å². The summed E-state index contributed by atoms with van der Waals surface area (Å²) < 4.78 is 0. The van der Waals surface area contributed by atoms with Gasteiger partial charge in [0, 0.05) is 18.6 Å². The van der Waals surface area contributed by atoms with Gasteiger partial charge in [-0.05, 0) is 24.6 Å². The minimum absolute atomic E-state index is 0.112. The van der Waals surface area contributed by atoms with Crippen LogP contribution >= 0.6 is 11.6 Å². The van der Waals surface area contributed by atoms with Crippen molar-refractivity contribution < 1.29 is 14.7 Å². The second-order valence-electron chi connectivity index (χ2n) is 5.34. The maximum Gasteiger partial charge on any atom is 0.244 e. The van der Waals surface area contributed by atoms with Crippen LogP contribution in [0.1, 0.15) is 12.5 Å². The molecule has 2 rings (SSSR count). The second kappa shape index (κ2) is 6.45. The van der Waals surface area contributed by atoms with E-state index in [-0.39, 0.29) is 30.9 Å². The average Bonchev–Trinajstić information content (AvgIpc) is 2.44. The van der Waals surface area contributed by atoms with E-state index in [2.05, 4.69) is 0 Å². The molecule has 1 N–H and O–H groups in total. The van der Waals surface area contributed by atoms with Crippen LogP contribution < -0.4 is 0 Å². The zero-order valence-electron chi connectivity index (χ0n) is 12.1. The molecule has 1 fully saturated rings. The Balaban J connectivity index is 2.17. The van der Waals surface area contributed by atoms with Gasteiger partial charge in [0.2, 0.25) is 11.8 Å². The third kappa shape index (κ3) is 3.36. The molecule has 0 aromatic heterocycles. The lowest BCUT2D eigenvalue weighted by Crippen LogP contribution is -2.62. The highest BCUT2D eigenvalue weighted by atomic mass is 35.5. The van der Waals surface area contributed by atoms with Crippen molar-refractivity contribution in [3.63, 3.8) is 0 Å². The first kappa shape index (κ1) is 15.8. The minimum Gasteiger partial charge on any atom is -0.394 e. The summed E-state index contributed by atoms with van der Waals surface area (Å²) in [5.74, 6) is -0.288. The lowest BCUT2D eigenvalue weighted by atomic mass is 10.0. The number of aliphatic hydroxyl groups is 1. The van der Waals surface area contributed by atoms with Gasteiger partial charge in [-0.2, -0.15) is 0 Å². The number of aliphatic hydroxyl groups excluding tert-OH is 1. The van der Waals surface area contributed by atoms with Crippen molar-refractivity contribution in [1.82, 2.24) is 9.80 Å². The molecule has 1 aliphatic heterocycles. The second-order valence-corrected chi connectivity index (χ2v) is 5.78. The zero-order chi connectivity index (χ0) is 15.6. The fraction of sp³-hybridized carbons (Fsp3) is 0.467. The van der Waals surface area contributed by atoms with Crippen molar-refractivity contribution in [2.75, 3.05) is 20.2 Å². The zero-order valence-corrected chi connectivity index (χ0v) is 12.9. The van der Waals surface area contributed by atoms with Crippen molar-refractivity contribution in [2.45, 2.75) is 25.4 Å². The third-order valence-corrected chi connectivity index (χ3v) is 4.01. The van der Waals surface area contributed by atoms with Crippen LogP contribution in [0.3, 0.4) is 0 Å². The fourth-order valence-electron chi connectivity index (χ4n) is 2.73. The summed E-state index contributed by atoms with van der Waals surface area (Å²) in [5, 5.41) is 10.1. The van der Waals surface area contributed by atoms with E-state index in [1.807, 2.05) is 6.07 Å². The molecule has 1 heterocycles. The number of nitrogens with zero attached hydrogens (tertiary/aromatic N) is 2. The normalized spacial score (nSPS) is 22.6. The standard InChI is InChI=1S/C15H19ClN2O3/c1-10-15(21)17(2)8-13(9-19)18(10)14(20)7-11-4-3-5-12(16)6-11/h3-6,10,13,19H,7-9H2,1-2H3/t10-,13+/m0/s1. The van der Waals surface area contributed by atoms with Gasteiger partial charge in [0.25, 0.3) is 0 Å². The molecule has 2 atom stereocenters. The number of amides is 2. The maximum absolute atomic E-state index is 12.5. The van der Waals surface area contributed by atoms with Crippen LogP contribution in [0.2, 0.25) is 5.02 Å². The quantitative estimate of drug-likeness (QED) is 0.903. The average molecular weight is 311 g/mol. The molecule has 21 heavy (non-hydrogen) atoms. The fourth-order valence-corrected chi connectivity index (χ4v) is 2.94. The monoisotopic (exact) mass is 310 g/mol. The van der Waals surface area contributed by atoms with E-state index >= 15 is 0 Å². The lowest BCUT2D eigenvalue weighted by Gasteiger charge is -2.43. The number of rotatable bonds is 3. The molecule has 1 aromatic carbocycles. The van der Waals surface area contributed by atoms with Crippen molar-refractivity contribution in [1.29, 1.82) is 0 Å². The first-order valence-corrected chi connectivity index (χ1v) is 7.23. The van der Waals surface area contributed by atoms with Crippen LogP contribution in [0.4, 0.5) is 0 Å². The molecule has 0 aliphatic carbocycles. The van der Waals surface area contributed by atoms with Crippen LogP contribution in [0.5, 0.6) is 0 Å². The Kier molecular flexibility index (Phi) is 4.85. The van der Waals surface area contributed by atoms with E-state index in [0.29, 0.717) is 11.6 Å². The van der Waals surface area contributed by atoms with E-state index in [9.17, 15) is 14.7 Å². The van der Waals surface area contributed by atoms with Gasteiger partial charge in [-0.3, -0.25) is 9.59 Å². The Morgan fingerprint density at radius 1 is 1.48 bits per heavy atom. The topological polar surface area (TPSA) is 60.9 Å². The van der Waals surface area contributed by atoms with Gasteiger partial charge < -0.3 is 14.9 Å². The van der Waals surface area contributed by atoms with E-state index in [1.54, 1.807) is 37.1 Å². The number of hydrogen-bond acceptors (Lipinski definition) is 3. The third-order valence-electron chi connectivity index (χ3n) is 3.77. The van der Waals surface area contributed by atoms with Crippen LogP contribution in [0, 0.1) is 0 Å². The molecule has 1 aliphatic rings. The SMILES string of the molecule is C[C@H]1C(=O)N(C)C[C@H](CO)N1C(=O)Cc1cccc(Cl)c1. The van der Waals surface area contributed by atoms with E-state index in [4.69, 9.17) is 11.6 Å². The Morgan fingerprint density at radius 3 is 2.81 bits per heavy atom. The summed E-state index contributed by atoms with van der Waals surface area (Å²) in [4.78, 5) is 27.6. The van der Waals surface area contributed by atoms with Crippen LogP contribution in [0.15, 0.2) is 24.3 Å². The van der Waals surface area contributed by atoms with Gasteiger partial charge in [0.05, 0.1) is 19.1 Å². The van der Waals surface area contributed by atoms with Crippen molar-refractivity contribution >= 4 is 23.4 Å². The van der Waals surface area contributed by atoms with Crippen molar-refractivity contribution in [2.24, 2.45) is 0 Å². The number of benzene rings is 1. The lowest BCUT2D eigenvalue weighted by molar-refractivity contribution is -0.154. The number of likely N-dealkylation sites (N-methyl/N-ethyl adjacent to an activating group) is 1. The molecule has 114 valence electrons. The molecule has 1 saturated heterocycles. The predicted octanol–water partition coefficient (Wildman–Crippen LogP) is 0.933. The Bertz CT molecular complexity index is 549. The summed E-state index contributed by atoms with van der Waals surface area (Å²) in [5.41, 5.74) is 0.794. The molecular weight excluding hydrogens is 292 g/mol. The highest BCUT2D eigenvalue weighted by Crippen LogP contribution is 2.19. The maximum atomic E-state index is 12.5. The largest absolute Gasteiger partial charge is 0.394 e. The van der Waals surface area contributed by atoms with E-state index < -0.39 is 6.04 Å². The highest BCUT2D eigenvalue weighted by Gasteiger charge is 2.38. The molecule has 5 nitrogen and oxygen atoms in total. The summed E-state index contributed by atoms with van der Waals surface area (Å²) in [6.07, 6.45) is 0.165. The summed E-state index contributed by atoms with van der Waals surface area (Å²) in [6, 6.07) is 6.15. The molecule has 1 aromatic rings. The first-order valence-electron chi connectivity index (χ1n) is 6.85. The number of hydrogen-bond donors (Lipinski definition) is 1. The van der Waals surface area contributed by atoms with Crippen LogP contribution in [-0.4, -0.2) is 59.0 Å². The highest BCUT2D eigenvalue weighted by molar-refractivity contribution is 6.30. The Hall–Kier alpha value is -1.59. The number of halogens is 1. The van der Waals surface area contributed by atoms with Crippen LogP contribution in [-0.2, 0) is 16.0 Å². The predicted molar refractivity (Wildman–Crippen MR) is 80.0 cm³/mol. The van der Waals surface area contributed by atoms with Crippen molar-refractivity contribution in [3.05, 3.63) is 34.9 Å². The smallest absolute Gasteiger partial charge is 0.244 e. The molecule has 0 radical (unpaired) electrons. The minimum atomic E-state index is -0.562. The molecule has 0 bridgehead atoms. The summed E-state index contributed by atoms with van der Waals surface area (Å²) >= 11 is 5.92.